The molecule has 30 heavy (non-hydrogen) atoms. The first kappa shape index (κ1) is 22.4. The molecule has 160 valence electrons. The fourth-order valence-corrected chi connectivity index (χ4v) is 3.76. The summed E-state index contributed by atoms with van der Waals surface area (Å²) in [6.45, 7) is 7.01. The van der Waals surface area contributed by atoms with E-state index in [2.05, 4.69) is 0 Å². The van der Waals surface area contributed by atoms with Crippen molar-refractivity contribution in [2.24, 2.45) is 0 Å². The predicted octanol–water partition coefficient (Wildman–Crippen LogP) is 4.08. The second-order valence-corrected chi connectivity index (χ2v) is 8.96. The van der Waals surface area contributed by atoms with Crippen LogP contribution >= 0.6 is 11.8 Å². The fraction of sp³-hybridized carbons (Fsp3) is 0.375. The lowest BCUT2D eigenvalue weighted by Crippen LogP contribution is -2.42. The van der Waals surface area contributed by atoms with Crippen LogP contribution in [0.2, 0.25) is 0 Å². The molecule has 2 N–H and O–H groups in total. The second-order valence-electron chi connectivity index (χ2n) is 8.08. The Balaban J connectivity index is 1.71. The molecule has 0 amide bonds. The summed E-state index contributed by atoms with van der Waals surface area (Å²) < 4.78 is 11.7. The molecule has 2 aromatic carbocycles. The van der Waals surface area contributed by atoms with E-state index < -0.39 is 18.0 Å². The summed E-state index contributed by atoms with van der Waals surface area (Å²) in [4.78, 5) is 13.8. The van der Waals surface area contributed by atoms with Gasteiger partial charge in [0.1, 0.15) is 11.5 Å². The van der Waals surface area contributed by atoms with Gasteiger partial charge in [0.2, 0.25) is 0 Å². The molecule has 5 nitrogen and oxygen atoms in total. The molecule has 1 aliphatic heterocycles. The van der Waals surface area contributed by atoms with Gasteiger partial charge in [0, 0.05) is 11.3 Å². The highest BCUT2D eigenvalue weighted by Gasteiger charge is 2.30. The molecule has 0 bridgehead atoms. The van der Waals surface area contributed by atoms with Gasteiger partial charge in [-0.3, -0.25) is 4.79 Å². The van der Waals surface area contributed by atoms with Crippen LogP contribution in [0.4, 0.5) is 0 Å². The van der Waals surface area contributed by atoms with Gasteiger partial charge in [-0.25, -0.2) is 0 Å². The number of aliphatic hydroxyl groups excluding tert-OH is 1. The smallest absolute Gasteiger partial charge is 0.196 e. The highest BCUT2D eigenvalue weighted by Crippen LogP contribution is 2.33. The van der Waals surface area contributed by atoms with E-state index in [0.29, 0.717) is 12.2 Å². The topological polar surface area (TPSA) is 76.0 Å². The van der Waals surface area contributed by atoms with E-state index >= 15 is 0 Å². The molecule has 0 aromatic heterocycles. The Morgan fingerprint density at radius 2 is 1.90 bits per heavy atom. The van der Waals surface area contributed by atoms with E-state index in [9.17, 15) is 15.0 Å². The first-order valence-electron chi connectivity index (χ1n) is 9.82. The van der Waals surface area contributed by atoms with Crippen LogP contribution in [0.15, 0.2) is 41.3 Å². The molecule has 1 aliphatic rings. The van der Waals surface area contributed by atoms with Gasteiger partial charge >= 0.3 is 0 Å². The third kappa shape index (κ3) is 4.89. The minimum Gasteiger partial charge on any atom is -0.482 e. The van der Waals surface area contributed by atoms with Gasteiger partial charge in [-0.15, -0.1) is 11.8 Å². The van der Waals surface area contributed by atoms with E-state index in [1.54, 1.807) is 37.8 Å². The van der Waals surface area contributed by atoms with E-state index in [4.69, 9.17) is 9.47 Å². The van der Waals surface area contributed by atoms with Crippen molar-refractivity contribution < 1.29 is 24.5 Å². The van der Waals surface area contributed by atoms with E-state index in [1.807, 2.05) is 50.4 Å². The van der Waals surface area contributed by atoms with Crippen molar-refractivity contribution >= 4 is 23.6 Å². The number of benzene rings is 2. The summed E-state index contributed by atoms with van der Waals surface area (Å²) in [6.07, 6.45) is 3.83. The first-order valence-corrected chi connectivity index (χ1v) is 11.0. The Labute approximate surface area is 181 Å². The molecule has 0 fully saturated rings. The summed E-state index contributed by atoms with van der Waals surface area (Å²) in [6, 6.07) is 9.85. The van der Waals surface area contributed by atoms with Gasteiger partial charge in [-0.1, -0.05) is 12.1 Å². The molecule has 1 unspecified atom stereocenters. The van der Waals surface area contributed by atoms with E-state index in [0.717, 1.165) is 32.9 Å². The monoisotopic (exact) mass is 428 g/mol. The summed E-state index contributed by atoms with van der Waals surface area (Å²) >= 11 is 1.64. The number of aryl methyl sites for hydroxylation is 2. The minimum atomic E-state index is -1.60. The maximum atomic E-state index is 12.6. The molecule has 2 aromatic rings. The van der Waals surface area contributed by atoms with Crippen molar-refractivity contribution in [3.8, 4) is 11.5 Å². The van der Waals surface area contributed by atoms with E-state index in [1.165, 1.54) is 0 Å². The SMILES string of the molecule is CSc1ccc2c(c1)OC(C(=O)/C=C/c1cc(C)c(OC(C)(C)C(O)O)c(C)c1)C2. The Kier molecular flexibility index (Phi) is 6.60. The lowest BCUT2D eigenvalue weighted by atomic mass is 10.0. The van der Waals surface area contributed by atoms with Gasteiger partial charge in [0.15, 0.2) is 23.8 Å². The highest BCUT2D eigenvalue weighted by molar-refractivity contribution is 7.98. The lowest BCUT2D eigenvalue weighted by Gasteiger charge is -2.29. The zero-order valence-electron chi connectivity index (χ0n) is 17.9. The first-order chi connectivity index (χ1) is 14.1. The maximum Gasteiger partial charge on any atom is 0.196 e. The summed E-state index contributed by atoms with van der Waals surface area (Å²) in [5, 5.41) is 19.0. The summed E-state index contributed by atoms with van der Waals surface area (Å²) in [5.74, 6) is 1.32. The van der Waals surface area contributed by atoms with Crippen LogP contribution in [-0.2, 0) is 11.2 Å². The number of aliphatic hydroxyl groups is 2. The molecular formula is C24H28O5S. The number of hydrogen-bond acceptors (Lipinski definition) is 6. The van der Waals surface area contributed by atoms with Crippen LogP contribution in [0.25, 0.3) is 6.08 Å². The number of rotatable bonds is 7. The van der Waals surface area contributed by atoms with Crippen molar-refractivity contribution in [2.75, 3.05) is 6.26 Å². The van der Waals surface area contributed by atoms with Gasteiger partial charge in [0.05, 0.1) is 0 Å². The van der Waals surface area contributed by atoms with Crippen molar-refractivity contribution in [3.63, 3.8) is 0 Å². The summed E-state index contributed by atoms with van der Waals surface area (Å²) in [5.41, 5.74) is 2.50. The Morgan fingerprint density at radius 1 is 1.23 bits per heavy atom. The number of ketones is 1. The molecule has 0 aliphatic carbocycles. The average molecular weight is 429 g/mol. The van der Waals surface area contributed by atoms with Crippen LogP contribution in [0.3, 0.4) is 0 Å². The fourth-order valence-electron chi connectivity index (χ4n) is 3.34. The van der Waals surface area contributed by atoms with Crippen molar-refractivity contribution in [1.82, 2.24) is 0 Å². The van der Waals surface area contributed by atoms with Crippen LogP contribution in [0.5, 0.6) is 11.5 Å². The van der Waals surface area contributed by atoms with Crippen LogP contribution in [0, 0.1) is 13.8 Å². The third-order valence-corrected chi connectivity index (χ3v) is 5.90. The lowest BCUT2D eigenvalue weighted by molar-refractivity contribution is -0.154. The number of ether oxygens (including phenoxy) is 2. The van der Waals surface area contributed by atoms with Crippen molar-refractivity contribution in [2.45, 2.75) is 57.0 Å². The highest BCUT2D eigenvalue weighted by atomic mass is 32.2. The Hall–Kier alpha value is -2.28. The number of carbonyl (C=O) groups excluding carboxylic acids is 1. The van der Waals surface area contributed by atoms with Crippen LogP contribution in [-0.4, -0.2) is 40.2 Å². The normalized spacial score (nSPS) is 16.1. The minimum absolute atomic E-state index is 0.0722. The number of hydrogen-bond donors (Lipinski definition) is 2. The molecular weight excluding hydrogens is 400 g/mol. The molecule has 6 heteroatoms. The predicted molar refractivity (Wildman–Crippen MR) is 119 cm³/mol. The molecule has 0 radical (unpaired) electrons. The molecule has 0 saturated heterocycles. The van der Waals surface area contributed by atoms with E-state index in [-0.39, 0.29) is 5.78 Å². The number of fused-ring (bicyclic) bond motifs is 1. The average Bonchev–Trinajstić information content (AvgIpc) is 3.12. The quantitative estimate of drug-likeness (QED) is 0.393. The van der Waals surface area contributed by atoms with Gasteiger partial charge in [0.25, 0.3) is 0 Å². The van der Waals surface area contributed by atoms with Crippen molar-refractivity contribution in [3.05, 3.63) is 58.7 Å². The molecule has 0 spiro atoms. The number of carbonyl (C=O) groups is 1. The number of thioether (sulfide) groups is 1. The van der Waals surface area contributed by atoms with Crippen molar-refractivity contribution in [1.29, 1.82) is 0 Å². The third-order valence-electron chi connectivity index (χ3n) is 5.18. The maximum absolute atomic E-state index is 12.6. The summed E-state index contributed by atoms with van der Waals surface area (Å²) in [7, 11) is 0. The Morgan fingerprint density at radius 3 is 2.50 bits per heavy atom. The van der Waals surface area contributed by atoms with Crippen LogP contribution in [0.1, 0.15) is 36.1 Å². The van der Waals surface area contributed by atoms with Gasteiger partial charge in [-0.2, -0.15) is 0 Å². The molecule has 0 saturated carbocycles. The molecule has 3 rings (SSSR count). The van der Waals surface area contributed by atoms with Crippen LogP contribution < -0.4 is 9.47 Å². The largest absolute Gasteiger partial charge is 0.482 e. The van der Waals surface area contributed by atoms with Gasteiger partial charge < -0.3 is 19.7 Å². The second kappa shape index (κ2) is 8.84. The van der Waals surface area contributed by atoms with Gasteiger partial charge in [-0.05, 0) is 86.5 Å². The zero-order chi connectivity index (χ0) is 22.1. The molecule has 1 heterocycles. The zero-order valence-corrected chi connectivity index (χ0v) is 18.7. The molecule has 1 atom stereocenters. The Bertz CT molecular complexity index is 955. The standard InChI is InChI=1S/C24H28O5S/c1-14-10-16(11-15(2)22(14)29-24(3,4)23(26)27)6-9-19(25)21-12-17-7-8-18(30-5)13-20(17)28-21/h6-11,13,21,23,26-27H,12H2,1-5H3/b9-6+.